The number of nitrogens with one attached hydrogen (secondary N) is 1. The molecule has 0 aliphatic rings. The van der Waals surface area contributed by atoms with E-state index in [2.05, 4.69) is 5.32 Å². The van der Waals surface area contributed by atoms with Gasteiger partial charge in [-0.3, -0.25) is 23.2 Å². The normalized spacial score (nSPS) is 14.5. The number of rotatable bonds is 14. The van der Waals surface area contributed by atoms with Crippen LogP contribution in [0.4, 0.5) is 4.79 Å². The summed E-state index contributed by atoms with van der Waals surface area (Å²) in [6, 6.07) is 0. The summed E-state index contributed by atoms with van der Waals surface area (Å²) in [7, 11) is -2.88. The number of hydrogen-bond donors (Lipinski definition) is 1. The topological polar surface area (TPSA) is 136 Å². The lowest BCUT2D eigenvalue weighted by Gasteiger charge is -2.22. The zero-order valence-corrected chi connectivity index (χ0v) is 20.3. The van der Waals surface area contributed by atoms with Crippen LogP contribution in [0.1, 0.15) is 54.4 Å². The predicted octanol–water partition coefficient (Wildman–Crippen LogP) is 3.21. The Bertz CT molecular complexity index is 617. The highest BCUT2D eigenvalue weighted by atomic mass is 31.2. The van der Waals surface area contributed by atoms with Crippen LogP contribution < -0.4 is 5.32 Å². The van der Waals surface area contributed by atoms with Crippen LogP contribution in [-0.4, -0.2) is 63.2 Å². The van der Waals surface area contributed by atoms with Crippen molar-refractivity contribution in [2.75, 3.05) is 33.5 Å². The van der Waals surface area contributed by atoms with E-state index in [0.717, 1.165) is 7.11 Å². The van der Waals surface area contributed by atoms with Crippen LogP contribution in [-0.2, 0) is 41.9 Å². The Balaban J connectivity index is 4.68. The first-order valence-electron chi connectivity index (χ1n) is 10.1. The fourth-order valence-electron chi connectivity index (χ4n) is 1.91. The average Bonchev–Trinajstić information content (AvgIpc) is 2.65. The number of alkyl carbamates (subject to hydrolysis) is 1. The number of ether oxygens (including phenoxy) is 3. The third kappa shape index (κ3) is 15.7. The van der Waals surface area contributed by atoms with E-state index in [-0.39, 0.29) is 45.1 Å². The Labute approximate surface area is 184 Å². The highest BCUT2D eigenvalue weighted by molar-refractivity contribution is 7.48. The van der Waals surface area contributed by atoms with Crippen LogP contribution in [0, 0.1) is 5.92 Å². The molecule has 12 heteroatoms. The highest BCUT2D eigenvalue weighted by Gasteiger charge is 2.29. The van der Waals surface area contributed by atoms with Gasteiger partial charge in [-0.1, -0.05) is 20.8 Å². The fraction of sp³-hybridized carbons (Fsp3) is 0.842. The zero-order valence-electron chi connectivity index (χ0n) is 19.4. The first-order chi connectivity index (χ1) is 14.3. The maximum Gasteiger partial charge on any atom is 0.474 e. The third-order valence-corrected chi connectivity index (χ3v) is 4.67. The standard InChI is InChI=1S/C19H36NO10P/c1-8-16(21)26-12-15(29-17(22)11-14(2)3)13-28-31(24,25-7)27-10-9-20-18(23)30-19(4,5)6/h14-15H,8-13H2,1-7H3,(H,20,23). The van der Waals surface area contributed by atoms with Gasteiger partial charge in [-0.15, -0.1) is 0 Å². The lowest BCUT2D eigenvalue weighted by molar-refractivity contribution is -0.161. The first kappa shape index (κ1) is 29.3. The molecule has 0 rings (SSSR count). The summed E-state index contributed by atoms with van der Waals surface area (Å²) < 4.78 is 43.0. The van der Waals surface area contributed by atoms with Crippen molar-refractivity contribution < 1.29 is 46.7 Å². The monoisotopic (exact) mass is 469 g/mol. The summed E-state index contributed by atoms with van der Waals surface area (Å²) in [4.78, 5) is 34.9. The van der Waals surface area contributed by atoms with Gasteiger partial charge in [0.15, 0.2) is 6.10 Å². The van der Waals surface area contributed by atoms with E-state index >= 15 is 0 Å². The number of carbonyl (C=O) groups is 3. The minimum absolute atomic E-state index is 0.00740. The van der Waals surface area contributed by atoms with Crippen molar-refractivity contribution in [1.29, 1.82) is 0 Å². The SMILES string of the molecule is CCC(=O)OCC(COP(=O)(OC)OCCNC(=O)OC(C)(C)C)OC(=O)CC(C)C. The summed E-state index contributed by atoms with van der Waals surface area (Å²) in [5.74, 6) is -0.923. The maximum absolute atomic E-state index is 12.6. The Morgan fingerprint density at radius 1 is 1.03 bits per heavy atom. The summed E-state index contributed by atoms with van der Waals surface area (Å²) in [6.07, 6.45) is -1.34. The Hall–Kier alpha value is -1.68. The molecule has 0 aliphatic heterocycles. The molecule has 0 aliphatic carbocycles. The number of esters is 2. The smallest absolute Gasteiger partial charge is 0.462 e. The molecule has 2 atom stereocenters. The van der Waals surface area contributed by atoms with Gasteiger partial charge in [0, 0.05) is 26.5 Å². The fourth-order valence-corrected chi connectivity index (χ4v) is 2.86. The molecule has 0 bridgehead atoms. The molecule has 0 heterocycles. The summed E-state index contributed by atoms with van der Waals surface area (Å²) in [5.41, 5.74) is -0.654. The molecule has 0 radical (unpaired) electrons. The molecule has 31 heavy (non-hydrogen) atoms. The molecule has 11 nitrogen and oxygen atoms in total. The van der Waals surface area contributed by atoms with E-state index < -0.39 is 37.6 Å². The van der Waals surface area contributed by atoms with Crippen molar-refractivity contribution >= 4 is 25.9 Å². The van der Waals surface area contributed by atoms with Crippen LogP contribution in [0.25, 0.3) is 0 Å². The average molecular weight is 469 g/mol. The van der Waals surface area contributed by atoms with Crippen molar-refractivity contribution in [3.63, 3.8) is 0 Å². The van der Waals surface area contributed by atoms with Gasteiger partial charge in [-0.25, -0.2) is 9.36 Å². The summed E-state index contributed by atoms with van der Waals surface area (Å²) in [5, 5.41) is 2.44. The number of phosphoric acid groups is 1. The van der Waals surface area contributed by atoms with E-state index in [1.54, 1.807) is 27.7 Å². The molecule has 1 amide bonds. The second kappa shape index (κ2) is 14.4. The molecule has 0 saturated heterocycles. The second-order valence-corrected chi connectivity index (χ2v) is 9.71. The molecule has 182 valence electrons. The van der Waals surface area contributed by atoms with Gasteiger partial charge in [0.25, 0.3) is 0 Å². The molecular weight excluding hydrogens is 433 g/mol. The molecule has 1 N–H and O–H groups in total. The molecule has 0 aromatic carbocycles. The Morgan fingerprint density at radius 3 is 2.19 bits per heavy atom. The van der Waals surface area contributed by atoms with E-state index in [1.165, 1.54) is 0 Å². The van der Waals surface area contributed by atoms with Crippen LogP contribution >= 0.6 is 7.82 Å². The van der Waals surface area contributed by atoms with Crippen LogP contribution in [0.15, 0.2) is 0 Å². The number of hydrogen-bond acceptors (Lipinski definition) is 10. The first-order valence-corrected chi connectivity index (χ1v) is 11.5. The van der Waals surface area contributed by atoms with Gasteiger partial charge >= 0.3 is 25.9 Å². The number of phosphoric ester groups is 1. The van der Waals surface area contributed by atoms with Gasteiger partial charge in [0.2, 0.25) is 0 Å². The number of carbonyl (C=O) groups excluding carboxylic acids is 3. The van der Waals surface area contributed by atoms with Crippen molar-refractivity contribution in [3.05, 3.63) is 0 Å². The minimum atomic E-state index is -4.00. The molecule has 0 aromatic heterocycles. The van der Waals surface area contributed by atoms with Crippen molar-refractivity contribution in [1.82, 2.24) is 5.32 Å². The molecule has 0 spiro atoms. The quantitative estimate of drug-likeness (QED) is 0.175. The Morgan fingerprint density at radius 2 is 1.68 bits per heavy atom. The van der Waals surface area contributed by atoms with Crippen molar-refractivity contribution in [2.24, 2.45) is 5.92 Å². The molecule has 0 aromatic rings. The van der Waals surface area contributed by atoms with Gasteiger partial charge < -0.3 is 19.5 Å². The molecule has 0 saturated carbocycles. The molecular formula is C19H36NO10P. The van der Waals surface area contributed by atoms with E-state index in [0.29, 0.717) is 0 Å². The van der Waals surface area contributed by atoms with Crippen LogP contribution in [0.5, 0.6) is 0 Å². The number of amides is 1. The lowest BCUT2D eigenvalue weighted by atomic mass is 10.1. The van der Waals surface area contributed by atoms with Crippen molar-refractivity contribution in [3.8, 4) is 0 Å². The van der Waals surface area contributed by atoms with E-state index in [9.17, 15) is 18.9 Å². The Kier molecular flexibility index (Phi) is 13.6. The second-order valence-electron chi connectivity index (χ2n) is 7.93. The van der Waals surface area contributed by atoms with Gasteiger partial charge in [-0.2, -0.15) is 0 Å². The van der Waals surface area contributed by atoms with Crippen molar-refractivity contribution in [2.45, 2.75) is 66.1 Å². The van der Waals surface area contributed by atoms with Gasteiger partial charge in [0.1, 0.15) is 12.2 Å². The van der Waals surface area contributed by atoms with Gasteiger partial charge in [-0.05, 0) is 26.7 Å². The van der Waals surface area contributed by atoms with E-state index in [1.807, 2.05) is 13.8 Å². The maximum atomic E-state index is 12.6. The summed E-state index contributed by atoms with van der Waals surface area (Å²) >= 11 is 0. The van der Waals surface area contributed by atoms with Gasteiger partial charge in [0.05, 0.1) is 13.2 Å². The molecule has 2 unspecified atom stereocenters. The minimum Gasteiger partial charge on any atom is -0.462 e. The molecule has 0 fully saturated rings. The summed E-state index contributed by atoms with van der Waals surface area (Å²) in [6.45, 7) is 9.64. The third-order valence-electron chi connectivity index (χ3n) is 3.25. The lowest BCUT2D eigenvalue weighted by Crippen LogP contribution is -2.34. The predicted molar refractivity (Wildman–Crippen MR) is 111 cm³/mol. The van der Waals surface area contributed by atoms with Crippen LogP contribution in [0.3, 0.4) is 0 Å². The van der Waals surface area contributed by atoms with Crippen LogP contribution in [0.2, 0.25) is 0 Å². The largest absolute Gasteiger partial charge is 0.474 e. The van der Waals surface area contributed by atoms with E-state index in [4.69, 9.17) is 27.8 Å². The highest BCUT2D eigenvalue weighted by Crippen LogP contribution is 2.48. The zero-order chi connectivity index (χ0) is 24.1.